The van der Waals surface area contributed by atoms with Gasteiger partial charge in [0.15, 0.2) is 11.5 Å². The Morgan fingerprint density at radius 2 is 1.71 bits per heavy atom. The second-order valence-electron chi connectivity index (χ2n) is 7.12. The lowest BCUT2D eigenvalue weighted by molar-refractivity contribution is -0.121. The highest BCUT2D eigenvalue weighted by molar-refractivity contribution is 5.93. The van der Waals surface area contributed by atoms with Gasteiger partial charge >= 0.3 is 6.03 Å². The molecule has 4 rings (SSSR count). The molecule has 2 heterocycles. The monoisotopic (exact) mass is 381 g/mol. The van der Waals surface area contributed by atoms with Crippen molar-refractivity contribution in [2.75, 3.05) is 30.5 Å². The van der Waals surface area contributed by atoms with Gasteiger partial charge < -0.3 is 25.0 Å². The summed E-state index contributed by atoms with van der Waals surface area (Å²) >= 11 is 0. The van der Waals surface area contributed by atoms with E-state index in [0.717, 1.165) is 11.3 Å². The number of amides is 3. The minimum Gasteiger partial charge on any atom is -0.454 e. The van der Waals surface area contributed by atoms with E-state index in [0.29, 0.717) is 43.1 Å². The first-order chi connectivity index (χ1) is 13.6. The fourth-order valence-electron chi connectivity index (χ4n) is 3.49. The molecule has 0 unspecified atom stereocenters. The van der Waals surface area contributed by atoms with Gasteiger partial charge in [0.05, 0.1) is 0 Å². The Morgan fingerprint density at radius 3 is 2.50 bits per heavy atom. The summed E-state index contributed by atoms with van der Waals surface area (Å²) in [6.45, 7) is 3.30. The lowest BCUT2D eigenvalue weighted by Gasteiger charge is -2.31. The number of fused-ring (bicyclic) bond motifs is 1. The number of likely N-dealkylation sites (tertiary alicyclic amines) is 1. The fourth-order valence-corrected chi connectivity index (χ4v) is 3.49. The summed E-state index contributed by atoms with van der Waals surface area (Å²) in [5.41, 5.74) is 2.57. The zero-order valence-electron chi connectivity index (χ0n) is 15.7. The van der Waals surface area contributed by atoms with Crippen molar-refractivity contribution in [3.63, 3.8) is 0 Å². The molecule has 0 saturated carbocycles. The predicted molar refractivity (Wildman–Crippen MR) is 106 cm³/mol. The van der Waals surface area contributed by atoms with Gasteiger partial charge in [-0.1, -0.05) is 12.1 Å². The number of aryl methyl sites for hydroxylation is 1. The molecule has 2 N–H and O–H groups in total. The smallest absolute Gasteiger partial charge is 0.321 e. The van der Waals surface area contributed by atoms with Crippen molar-refractivity contribution in [1.82, 2.24) is 4.90 Å². The summed E-state index contributed by atoms with van der Waals surface area (Å²) in [4.78, 5) is 26.8. The fraction of sp³-hybridized carbons (Fsp3) is 0.333. The number of nitrogens with one attached hydrogen (secondary N) is 2. The molecular weight excluding hydrogens is 358 g/mol. The predicted octanol–water partition coefficient (Wildman–Crippen LogP) is 3.61. The number of nitrogens with zero attached hydrogens (tertiary/aromatic N) is 1. The van der Waals surface area contributed by atoms with Crippen molar-refractivity contribution in [3.8, 4) is 11.5 Å². The number of rotatable bonds is 3. The van der Waals surface area contributed by atoms with E-state index >= 15 is 0 Å². The van der Waals surface area contributed by atoms with E-state index in [1.165, 1.54) is 0 Å². The summed E-state index contributed by atoms with van der Waals surface area (Å²) in [5.74, 6) is 1.18. The molecule has 7 heteroatoms. The van der Waals surface area contributed by atoms with Crippen LogP contribution < -0.4 is 20.1 Å². The van der Waals surface area contributed by atoms with Crippen LogP contribution in [0.5, 0.6) is 11.5 Å². The Kier molecular flexibility index (Phi) is 5.06. The molecule has 0 radical (unpaired) electrons. The van der Waals surface area contributed by atoms with Gasteiger partial charge in [0.2, 0.25) is 12.7 Å². The van der Waals surface area contributed by atoms with Crippen LogP contribution in [0.1, 0.15) is 18.4 Å². The topological polar surface area (TPSA) is 79.9 Å². The lowest BCUT2D eigenvalue weighted by atomic mass is 9.96. The first kappa shape index (κ1) is 18.2. The third-order valence-electron chi connectivity index (χ3n) is 5.06. The summed E-state index contributed by atoms with van der Waals surface area (Å²) in [5, 5.41) is 5.86. The van der Waals surface area contributed by atoms with Crippen LogP contribution in [-0.4, -0.2) is 36.7 Å². The zero-order chi connectivity index (χ0) is 19.5. The van der Waals surface area contributed by atoms with Gasteiger partial charge in [-0.2, -0.15) is 0 Å². The minimum atomic E-state index is -0.125. The number of urea groups is 1. The van der Waals surface area contributed by atoms with Crippen molar-refractivity contribution in [2.45, 2.75) is 19.8 Å². The van der Waals surface area contributed by atoms with Crippen LogP contribution in [0.15, 0.2) is 42.5 Å². The minimum absolute atomic E-state index is 0.0300. The second-order valence-corrected chi connectivity index (χ2v) is 7.12. The van der Waals surface area contributed by atoms with Crippen molar-refractivity contribution in [2.24, 2.45) is 5.92 Å². The van der Waals surface area contributed by atoms with Gasteiger partial charge in [-0.25, -0.2) is 4.79 Å². The Balaban J connectivity index is 1.28. The molecule has 3 amide bonds. The number of benzene rings is 2. The van der Waals surface area contributed by atoms with E-state index in [9.17, 15) is 9.59 Å². The maximum Gasteiger partial charge on any atom is 0.321 e. The molecule has 0 aliphatic carbocycles. The largest absolute Gasteiger partial charge is 0.454 e. The van der Waals surface area contributed by atoms with Crippen molar-refractivity contribution >= 4 is 23.3 Å². The standard InChI is InChI=1S/C21H23N3O4/c1-14-3-2-4-16(11-14)23-21(26)24-9-7-15(8-10-24)20(25)22-17-5-6-18-19(12-17)28-13-27-18/h2-6,11-12,15H,7-10,13H2,1H3,(H,22,25)(H,23,26). The molecule has 0 aromatic heterocycles. The van der Waals surface area contributed by atoms with Crippen LogP contribution in [0.3, 0.4) is 0 Å². The first-order valence-electron chi connectivity index (χ1n) is 9.41. The number of hydrogen-bond acceptors (Lipinski definition) is 4. The molecule has 2 aromatic carbocycles. The highest BCUT2D eigenvalue weighted by atomic mass is 16.7. The summed E-state index contributed by atoms with van der Waals surface area (Å²) < 4.78 is 10.6. The number of carbonyl (C=O) groups excluding carboxylic acids is 2. The molecule has 1 saturated heterocycles. The van der Waals surface area contributed by atoms with Crippen LogP contribution in [0.25, 0.3) is 0 Å². The van der Waals surface area contributed by atoms with Crippen LogP contribution in [-0.2, 0) is 4.79 Å². The average Bonchev–Trinajstić information content (AvgIpc) is 3.16. The molecule has 2 aliphatic rings. The number of piperidine rings is 1. The number of hydrogen-bond donors (Lipinski definition) is 2. The van der Waals surface area contributed by atoms with Gasteiger partial charge in [-0.05, 0) is 49.6 Å². The molecular formula is C21H23N3O4. The molecule has 0 atom stereocenters. The van der Waals surface area contributed by atoms with E-state index in [1.54, 1.807) is 23.1 Å². The number of anilines is 2. The Bertz CT molecular complexity index is 891. The zero-order valence-corrected chi connectivity index (χ0v) is 15.7. The summed E-state index contributed by atoms with van der Waals surface area (Å²) in [6.07, 6.45) is 1.27. The van der Waals surface area contributed by atoms with Gasteiger partial charge in [-0.15, -0.1) is 0 Å². The van der Waals surface area contributed by atoms with Gasteiger partial charge in [-0.3, -0.25) is 4.79 Å². The van der Waals surface area contributed by atoms with Crippen molar-refractivity contribution in [3.05, 3.63) is 48.0 Å². The second kappa shape index (κ2) is 7.80. The molecule has 146 valence electrons. The SMILES string of the molecule is Cc1cccc(NC(=O)N2CCC(C(=O)Nc3ccc4c(c3)OCO4)CC2)c1. The molecule has 2 aliphatic heterocycles. The van der Waals surface area contributed by atoms with E-state index in [2.05, 4.69) is 10.6 Å². The maximum atomic E-state index is 12.6. The number of ether oxygens (including phenoxy) is 2. The Morgan fingerprint density at radius 1 is 0.964 bits per heavy atom. The molecule has 0 spiro atoms. The van der Waals surface area contributed by atoms with Gasteiger partial charge in [0.1, 0.15) is 0 Å². The van der Waals surface area contributed by atoms with E-state index < -0.39 is 0 Å². The van der Waals surface area contributed by atoms with E-state index in [-0.39, 0.29) is 24.6 Å². The quantitative estimate of drug-likeness (QED) is 0.851. The maximum absolute atomic E-state index is 12.6. The van der Waals surface area contributed by atoms with Crippen LogP contribution in [0, 0.1) is 12.8 Å². The van der Waals surface area contributed by atoms with Crippen molar-refractivity contribution < 1.29 is 19.1 Å². The lowest BCUT2D eigenvalue weighted by Crippen LogP contribution is -2.43. The Hall–Kier alpha value is -3.22. The van der Waals surface area contributed by atoms with Gasteiger partial charge in [0.25, 0.3) is 0 Å². The number of carbonyl (C=O) groups is 2. The first-order valence-corrected chi connectivity index (χ1v) is 9.41. The van der Waals surface area contributed by atoms with Crippen LogP contribution >= 0.6 is 0 Å². The van der Waals surface area contributed by atoms with E-state index in [4.69, 9.17) is 9.47 Å². The summed E-state index contributed by atoms with van der Waals surface area (Å²) in [7, 11) is 0. The molecule has 0 bridgehead atoms. The van der Waals surface area contributed by atoms with Crippen LogP contribution in [0.2, 0.25) is 0 Å². The highest BCUT2D eigenvalue weighted by Gasteiger charge is 2.27. The summed E-state index contributed by atoms with van der Waals surface area (Å²) in [6, 6.07) is 12.9. The third-order valence-corrected chi connectivity index (χ3v) is 5.06. The molecule has 2 aromatic rings. The normalized spacial score (nSPS) is 16.0. The third kappa shape index (κ3) is 4.03. The molecule has 1 fully saturated rings. The molecule has 28 heavy (non-hydrogen) atoms. The van der Waals surface area contributed by atoms with E-state index in [1.807, 2.05) is 31.2 Å². The highest BCUT2D eigenvalue weighted by Crippen LogP contribution is 2.34. The average molecular weight is 381 g/mol. The Labute approximate surface area is 163 Å². The van der Waals surface area contributed by atoms with Crippen molar-refractivity contribution in [1.29, 1.82) is 0 Å². The van der Waals surface area contributed by atoms with Crippen LogP contribution in [0.4, 0.5) is 16.2 Å². The van der Waals surface area contributed by atoms with Gasteiger partial charge in [0, 0.05) is 36.4 Å². The molecule has 7 nitrogen and oxygen atoms in total.